The molecule has 31 heavy (non-hydrogen) atoms. The van der Waals surface area contributed by atoms with Crippen molar-refractivity contribution in [3.8, 4) is 0 Å². The highest BCUT2D eigenvalue weighted by Gasteiger charge is 2.76. The second-order valence-corrected chi connectivity index (χ2v) is 8.88. The van der Waals surface area contributed by atoms with Gasteiger partial charge in [0.1, 0.15) is 18.1 Å². The second-order valence-electron chi connectivity index (χ2n) is 8.88. The molecule has 1 aromatic rings. The van der Waals surface area contributed by atoms with E-state index in [-0.39, 0.29) is 40.3 Å². The molecule has 2 fully saturated rings. The van der Waals surface area contributed by atoms with Crippen LogP contribution in [0, 0.1) is 4.91 Å². The van der Waals surface area contributed by atoms with Crippen LogP contribution in [-0.4, -0.2) is 65.2 Å². The van der Waals surface area contributed by atoms with Gasteiger partial charge in [0.2, 0.25) is 0 Å². The normalized spacial score (nSPS) is 33.5. The molecule has 0 aliphatic carbocycles. The third-order valence-corrected chi connectivity index (χ3v) is 7.30. The molecule has 2 heterocycles. The summed E-state index contributed by atoms with van der Waals surface area (Å²) in [6, 6.07) is 6.80. The van der Waals surface area contributed by atoms with Gasteiger partial charge in [0, 0.05) is 19.3 Å². The molecule has 2 aliphatic rings. The Morgan fingerprint density at radius 2 is 1.90 bits per heavy atom. The minimum atomic E-state index is -4.78. The number of likely N-dealkylation sites (N-methyl/N-ethyl adjacent to an activating group) is 1. The van der Waals surface area contributed by atoms with E-state index in [1.54, 1.807) is 37.4 Å². The number of hydrogen-bond acceptors (Lipinski definition) is 5. The molecule has 174 valence electrons. The fourth-order valence-corrected chi connectivity index (χ4v) is 5.37. The number of fused-ring (bicyclic) bond motifs is 2. The molecule has 6 unspecified atom stereocenters. The third-order valence-electron chi connectivity index (χ3n) is 7.30. The fraction of sp³-hybridized carbons (Fsp3) is 0.667. The molecule has 1 N–H and O–H groups in total. The zero-order valence-corrected chi connectivity index (χ0v) is 19.3. The van der Waals surface area contributed by atoms with Crippen LogP contribution >= 0.6 is 0 Å². The number of alkyl halides is 3. The van der Waals surface area contributed by atoms with Crippen molar-refractivity contribution in [3.63, 3.8) is 0 Å². The highest BCUT2D eigenvalue weighted by Crippen LogP contribution is 2.56. The minimum Gasteiger partial charge on any atom is -1.00 e. The van der Waals surface area contributed by atoms with Crippen molar-refractivity contribution in [1.29, 1.82) is 0 Å². The molecule has 0 spiro atoms. The van der Waals surface area contributed by atoms with E-state index in [2.05, 4.69) is 5.18 Å². The number of carbonyl (C=O) groups is 1. The van der Waals surface area contributed by atoms with Gasteiger partial charge in [0.05, 0.1) is 25.7 Å². The minimum absolute atomic E-state index is 0. The van der Waals surface area contributed by atoms with Gasteiger partial charge in [-0.15, -0.1) is 4.91 Å². The zero-order chi connectivity index (χ0) is 22.3. The van der Waals surface area contributed by atoms with Crippen LogP contribution in [0.4, 0.5) is 13.2 Å². The molecule has 0 amide bonds. The summed E-state index contributed by atoms with van der Waals surface area (Å²) in [4.78, 5) is 24.3. The summed E-state index contributed by atoms with van der Waals surface area (Å²) < 4.78 is 47.7. The molecule has 0 saturated carbocycles. The van der Waals surface area contributed by atoms with Crippen molar-refractivity contribution in [3.05, 3.63) is 40.8 Å². The van der Waals surface area contributed by atoms with Crippen LogP contribution < -0.4 is 17.0 Å². The number of aliphatic hydroxyl groups is 1. The number of carbonyl (C=O) groups excluding carboxylic acids is 1. The van der Waals surface area contributed by atoms with Crippen molar-refractivity contribution in [2.45, 2.75) is 75.0 Å². The van der Waals surface area contributed by atoms with Gasteiger partial charge in [-0.3, -0.25) is 4.79 Å². The maximum Gasteiger partial charge on any atom is 0.423 e. The van der Waals surface area contributed by atoms with Gasteiger partial charge < -0.3 is 31.3 Å². The molecule has 6 atom stereocenters. The summed E-state index contributed by atoms with van der Waals surface area (Å²) in [6.45, 7) is 3.20. The number of ether oxygens (including phenoxy) is 1. The zero-order valence-electron chi connectivity index (χ0n) is 17.7. The van der Waals surface area contributed by atoms with E-state index in [0.717, 1.165) is 0 Å². The highest BCUT2D eigenvalue weighted by molar-refractivity contribution is 5.78. The van der Waals surface area contributed by atoms with E-state index < -0.39 is 54.8 Å². The lowest BCUT2D eigenvalue weighted by atomic mass is 9.86. The van der Waals surface area contributed by atoms with Gasteiger partial charge in [0.25, 0.3) is 5.54 Å². The Kier molecular flexibility index (Phi) is 7.60. The van der Waals surface area contributed by atoms with Gasteiger partial charge in [-0.1, -0.05) is 30.3 Å². The quantitative estimate of drug-likeness (QED) is 0.345. The number of halogens is 4. The first-order chi connectivity index (χ1) is 14.0. The van der Waals surface area contributed by atoms with Crippen LogP contribution in [0.25, 0.3) is 0 Å². The first-order valence-electron chi connectivity index (χ1n) is 10.1. The van der Waals surface area contributed by atoms with E-state index in [0.29, 0.717) is 5.56 Å². The summed E-state index contributed by atoms with van der Waals surface area (Å²) in [5.74, 6) is -1.58. The molecule has 2 bridgehead atoms. The van der Waals surface area contributed by atoms with Gasteiger partial charge >= 0.3 is 12.1 Å². The number of piperidine rings is 1. The fourth-order valence-electron chi connectivity index (χ4n) is 5.37. The maximum atomic E-state index is 14.0. The SMILES string of the molecule is CC(C)[N+]1(C)C2CC(OC(=O)C(CO)c3ccccc3)CC1C(N=O)(C(F)(F)F)C2.[Br-]. The van der Waals surface area contributed by atoms with Gasteiger partial charge in [-0.25, -0.2) is 0 Å². The lowest BCUT2D eigenvalue weighted by Crippen LogP contribution is -3.00. The number of nitrogens with zero attached hydrogens (tertiary/aromatic N) is 2. The lowest BCUT2D eigenvalue weighted by molar-refractivity contribution is -0.970. The van der Waals surface area contributed by atoms with Crippen LogP contribution in [0.2, 0.25) is 0 Å². The highest BCUT2D eigenvalue weighted by atomic mass is 79.9. The maximum absolute atomic E-state index is 14.0. The first kappa shape index (κ1) is 25.7. The summed E-state index contributed by atoms with van der Waals surface area (Å²) in [6.07, 6.45) is -5.83. The van der Waals surface area contributed by atoms with Gasteiger partial charge in [-0.05, 0) is 24.6 Å². The standard InChI is InChI=1S/C21H28F3N2O4.BrH/c1-13(2)26(3)15-9-16(10-18(26)20(11-15,25-29)21(22,23)24)30-19(28)17(12-27)14-7-5-4-6-8-14;/h4-8,13,15-18,27H,9-12H2,1-3H3;1H/q+1;/p-1. The third kappa shape index (κ3) is 4.14. The number of nitroso groups, excluding NO2 is 1. The summed E-state index contributed by atoms with van der Waals surface area (Å²) >= 11 is 0. The van der Waals surface area contributed by atoms with Crippen molar-refractivity contribution in [2.75, 3.05) is 13.7 Å². The Bertz CT molecular complexity index is 795. The average molecular weight is 509 g/mol. The smallest absolute Gasteiger partial charge is 0.423 e. The predicted octanol–water partition coefficient (Wildman–Crippen LogP) is 0.536. The van der Waals surface area contributed by atoms with E-state index in [1.165, 1.54) is 0 Å². The predicted molar refractivity (Wildman–Crippen MR) is 103 cm³/mol. The topological polar surface area (TPSA) is 76.0 Å². The molecular formula is C21H28BrF3N2O4. The Balaban J connectivity index is 0.00000341. The first-order valence-corrected chi connectivity index (χ1v) is 10.1. The molecule has 2 aliphatic heterocycles. The van der Waals surface area contributed by atoms with E-state index in [1.807, 2.05) is 13.8 Å². The summed E-state index contributed by atoms with van der Waals surface area (Å²) in [7, 11) is 1.73. The van der Waals surface area contributed by atoms with E-state index in [4.69, 9.17) is 4.74 Å². The molecule has 0 radical (unpaired) electrons. The summed E-state index contributed by atoms with van der Waals surface area (Å²) in [5, 5.41) is 12.3. The van der Waals surface area contributed by atoms with E-state index in [9.17, 15) is 28.0 Å². The van der Waals surface area contributed by atoms with Gasteiger partial charge in [-0.2, -0.15) is 13.2 Å². The lowest BCUT2D eigenvalue weighted by Gasteiger charge is -2.50. The van der Waals surface area contributed by atoms with Crippen LogP contribution in [0.3, 0.4) is 0 Å². The monoisotopic (exact) mass is 508 g/mol. The molecule has 1 aromatic carbocycles. The van der Waals surface area contributed by atoms with Crippen LogP contribution in [-0.2, 0) is 9.53 Å². The van der Waals surface area contributed by atoms with Crippen LogP contribution in [0.15, 0.2) is 35.5 Å². The Morgan fingerprint density at radius 3 is 2.39 bits per heavy atom. The molecule has 2 saturated heterocycles. The van der Waals surface area contributed by atoms with Crippen LogP contribution in [0.5, 0.6) is 0 Å². The van der Waals surface area contributed by atoms with Crippen LogP contribution in [0.1, 0.15) is 44.6 Å². The molecule has 0 aromatic heterocycles. The Labute approximate surface area is 190 Å². The second kappa shape index (κ2) is 9.15. The average Bonchev–Trinajstić information content (AvgIpc) is 2.82. The van der Waals surface area contributed by atoms with Crippen molar-refractivity contribution >= 4 is 5.97 Å². The van der Waals surface area contributed by atoms with Crippen molar-refractivity contribution in [1.82, 2.24) is 0 Å². The largest absolute Gasteiger partial charge is 1.00 e. The summed E-state index contributed by atoms with van der Waals surface area (Å²) in [5.41, 5.74) is -2.11. The molecule has 3 rings (SSSR count). The van der Waals surface area contributed by atoms with E-state index >= 15 is 0 Å². The number of rotatable bonds is 6. The van der Waals surface area contributed by atoms with Gasteiger partial charge in [0.15, 0.2) is 0 Å². The van der Waals surface area contributed by atoms with Crippen molar-refractivity contribution < 1.29 is 49.3 Å². The molecule has 10 heteroatoms. The molecular weight excluding hydrogens is 481 g/mol. The Hall–Kier alpha value is -1.52. The van der Waals surface area contributed by atoms with Crippen molar-refractivity contribution in [2.24, 2.45) is 5.18 Å². The molecule has 6 nitrogen and oxygen atoms in total. The number of quaternary nitrogens is 1. The number of esters is 1. The Morgan fingerprint density at radius 1 is 1.29 bits per heavy atom. The number of benzene rings is 1. The number of aliphatic hydroxyl groups excluding tert-OH is 1. The number of hydrogen-bond donors (Lipinski definition) is 1.